The fraction of sp³-hybridized carbons (Fsp3) is 0.0270. The summed E-state index contributed by atoms with van der Waals surface area (Å²) in [5.41, 5.74) is 3.05. The van der Waals surface area contributed by atoms with Crippen molar-refractivity contribution in [3.8, 4) is 11.5 Å². The van der Waals surface area contributed by atoms with Gasteiger partial charge in [-0.25, -0.2) is 0 Å². The van der Waals surface area contributed by atoms with Crippen molar-refractivity contribution in [2.75, 3.05) is 5.32 Å². The van der Waals surface area contributed by atoms with Crippen molar-refractivity contribution in [1.29, 1.82) is 0 Å². The van der Waals surface area contributed by atoms with Crippen molar-refractivity contribution in [2.24, 2.45) is 20.5 Å². The van der Waals surface area contributed by atoms with E-state index in [1.807, 2.05) is 42.5 Å². The van der Waals surface area contributed by atoms with Gasteiger partial charge in [0.1, 0.15) is 22.0 Å². The van der Waals surface area contributed by atoms with Gasteiger partial charge < -0.3 is 20.6 Å². The molecule has 6 aromatic carbocycles. The molecule has 61 heavy (non-hydrogen) atoms. The molecule has 0 amide bonds. The van der Waals surface area contributed by atoms with Crippen molar-refractivity contribution in [1.82, 2.24) is 0 Å². The minimum absolute atomic E-state index is 0. The van der Waals surface area contributed by atoms with Crippen LogP contribution in [0.15, 0.2) is 141 Å². The second kappa shape index (κ2) is 22.4. The number of aromatic hydroxyl groups is 2. The van der Waals surface area contributed by atoms with Crippen molar-refractivity contribution in [3.05, 3.63) is 142 Å². The van der Waals surface area contributed by atoms with Crippen LogP contribution in [0.1, 0.15) is 16.7 Å². The maximum Gasteiger partial charge on any atom is 0.425 e. The molecule has 319 valence electrons. The number of fused-ring (bicyclic) bond motifs is 1. The molecule has 0 unspecified atom stereocenters. The van der Waals surface area contributed by atoms with Gasteiger partial charge in [-0.15, -0.1) is 35.5 Å². The van der Waals surface area contributed by atoms with E-state index >= 15 is 0 Å². The van der Waals surface area contributed by atoms with Crippen LogP contribution in [0, 0.1) is 10.1 Å². The summed E-state index contributed by atoms with van der Waals surface area (Å²) in [4.78, 5) is 9.66. The van der Waals surface area contributed by atoms with Crippen molar-refractivity contribution in [3.63, 3.8) is 0 Å². The van der Waals surface area contributed by atoms with Gasteiger partial charge >= 0.3 is 21.2 Å². The number of nitrogens with zero attached hydrogens (tertiary/aromatic N) is 5. The standard InChI is InChI=1S/C37H28N6O8S.Cu.2O3S/c44-22-26-19-34(42-40-32-17-11-25-18-29(14-16-31(25)37(32)46)38-27-4-2-1-3-5-27)35(45)21-33(26)41-39-28-12-7-23(8-13-28)6-9-24-10-15-30(43(47)48)20-36(24)52(49,50)51;;2*1-4(2)3/h1-21,38,44-46H,22H2,(H,49,50,51);;;. The molecule has 5 N–H and O–H groups in total. The molecule has 0 spiro atoms. The largest absolute Gasteiger partial charge is 0.506 e. The summed E-state index contributed by atoms with van der Waals surface area (Å²) in [6, 6.07) is 30.9. The number of azo groups is 2. The third kappa shape index (κ3) is 14.6. The molecule has 0 fully saturated rings. The number of hydrogen-bond donors (Lipinski definition) is 5. The van der Waals surface area contributed by atoms with E-state index in [0.29, 0.717) is 22.2 Å². The van der Waals surface area contributed by atoms with Crippen LogP contribution in [-0.2, 0) is 55.0 Å². The Morgan fingerprint density at radius 3 is 1.92 bits per heavy atom. The molecule has 0 aliphatic carbocycles. The molecule has 0 heterocycles. The number of nitro benzene ring substituents is 1. The van der Waals surface area contributed by atoms with Gasteiger partial charge in [-0.2, -0.15) is 18.6 Å². The van der Waals surface area contributed by atoms with Crippen LogP contribution in [-0.4, -0.2) is 58.5 Å². The summed E-state index contributed by atoms with van der Waals surface area (Å²) in [5.74, 6) is -0.377. The second-order valence-corrected chi connectivity index (χ2v) is 13.9. The smallest absolute Gasteiger partial charge is 0.425 e. The average Bonchev–Trinajstić information content (AvgIpc) is 3.19. The third-order valence-corrected chi connectivity index (χ3v) is 8.66. The molecule has 0 atom stereocenters. The van der Waals surface area contributed by atoms with Gasteiger partial charge in [0.25, 0.3) is 15.8 Å². The third-order valence-electron chi connectivity index (χ3n) is 7.75. The van der Waals surface area contributed by atoms with Crippen LogP contribution in [0.25, 0.3) is 22.9 Å². The Morgan fingerprint density at radius 2 is 1.31 bits per heavy atom. The van der Waals surface area contributed by atoms with E-state index in [9.17, 15) is 38.4 Å². The topological polar surface area (TPSA) is 322 Å². The predicted molar refractivity (Wildman–Crippen MR) is 215 cm³/mol. The number of aliphatic hydroxyl groups excluding tert-OH is 1. The molecular weight excluding hydrogens is 912 g/mol. The van der Waals surface area contributed by atoms with Gasteiger partial charge in [0.15, 0.2) is 5.75 Å². The average molecular weight is 940 g/mol. The number of hydrogen-bond acceptors (Lipinski definition) is 18. The summed E-state index contributed by atoms with van der Waals surface area (Å²) >= 11 is 0. The number of non-ortho nitro benzene ring substituents is 1. The van der Waals surface area contributed by atoms with E-state index in [4.69, 9.17) is 25.3 Å². The molecular formula is C37H28CuN6O14S3. The minimum atomic E-state index is -4.72. The van der Waals surface area contributed by atoms with Crippen LogP contribution in [0.4, 0.5) is 39.8 Å². The molecule has 0 aliphatic rings. The number of para-hydroxylation sites is 1. The van der Waals surface area contributed by atoms with Gasteiger partial charge in [-0.1, -0.05) is 48.6 Å². The molecule has 6 rings (SSSR count). The number of phenols is 2. The van der Waals surface area contributed by atoms with Crippen LogP contribution >= 0.6 is 0 Å². The number of nitrogens with one attached hydrogen (secondary N) is 1. The maximum atomic E-state index is 11.8. The molecule has 0 saturated carbocycles. The van der Waals surface area contributed by atoms with E-state index in [-0.39, 0.29) is 51.2 Å². The number of aliphatic hydroxyl groups is 1. The molecule has 1 radical (unpaired) electrons. The van der Waals surface area contributed by atoms with E-state index in [1.165, 1.54) is 24.3 Å². The monoisotopic (exact) mass is 939 g/mol. The quantitative estimate of drug-likeness (QED) is 0.0208. The Labute approximate surface area is 358 Å². The molecule has 0 bridgehead atoms. The summed E-state index contributed by atoms with van der Waals surface area (Å²) in [6.07, 6.45) is 2.93. The zero-order valence-corrected chi connectivity index (χ0v) is 33.9. The van der Waals surface area contributed by atoms with E-state index in [0.717, 1.165) is 28.9 Å². The molecule has 6 aromatic rings. The first-order valence-electron chi connectivity index (χ1n) is 16.4. The fourth-order valence-electron chi connectivity index (χ4n) is 5.11. The van der Waals surface area contributed by atoms with Crippen molar-refractivity contribution < 1.29 is 75.5 Å². The van der Waals surface area contributed by atoms with E-state index < -0.39 is 53.4 Å². The first-order chi connectivity index (χ1) is 28.4. The van der Waals surface area contributed by atoms with Crippen LogP contribution in [0.5, 0.6) is 11.5 Å². The van der Waals surface area contributed by atoms with E-state index in [1.54, 1.807) is 48.5 Å². The van der Waals surface area contributed by atoms with Crippen molar-refractivity contribution >= 4 is 94.1 Å². The Balaban J connectivity index is 0.00000101. The molecule has 0 saturated heterocycles. The predicted octanol–water partition coefficient (Wildman–Crippen LogP) is 7.63. The summed E-state index contributed by atoms with van der Waals surface area (Å²) < 4.78 is 83.7. The SMILES string of the molecule is O=S(=O)=O.O=S(=O)=O.O=[N+]([O-])c1ccc(C=Cc2ccc(N=Nc3cc(O)c(N=Nc4ccc5cc(Nc6ccccc6)ccc5c4O)cc3CO)cc2)c(S(=O)(=O)O)c1.[Cu]. The first-order valence-corrected chi connectivity index (χ1v) is 19.8. The Hall–Kier alpha value is -7.05. The van der Waals surface area contributed by atoms with Crippen LogP contribution < -0.4 is 5.32 Å². The number of nitro groups is 1. The normalized spacial score (nSPS) is 11.0. The number of phenolic OH excluding ortho intramolecular Hbond substituents is 2. The van der Waals surface area contributed by atoms with Gasteiger partial charge in [-0.05, 0) is 77.2 Å². The summed E-state index contributed by atoms with van der Waals surface area (Å²) in [5, 5.41) is 63.8. The van der Waals surface area contributed by atoms with Gasteiger partial charge in [0, 0.05) is 57.6 Å². The van der Waals surface area contributed by atoms with Gasteiger partial charge in [-0.3, -0.25) is 14.7 Å². The molecule has 20 nitrogen and oxygen atoms in total. The molecule has 0 aromatic heterocycles. The zero-order chi connectivity index (χ0) is 44.0. The zero-order valence-electron chi connectivity index (χ0n) is 30.5. The first kappa shape index (κ1) is 48.3. The number of rotatable bonds is 11. The Kier molecular flexibility index (Phi) is 17.7. The van der Waals surface area contributed by atoms with Gasteiger partial charge in [0.05, 0.1) is 22.9 Å². The van der Waals surface area contributed by atoms with Gasteiger partial charge in [0.2, 0.25) is 0 Å². The summed E-state index contributed by atoms with van der Waals surface area (Å²) in [7, 11) is -10.9. The Morgan fingerprint density at radius 1 is 0.689 bits per heavy atom. The second-order valence-electron chi connectivity index (χ2n) is 11.7. The molecule has 24 heteroatoms. The number of benzene rings is 6. The van der Waals surface area contributed by atoms with Crippen LogP contribution in [0.2, 0.25) is 0 Å². The minimum Gasteiger partial charge on any atom is -0.506 e. The Bertz CT molecular complexity index is 2950. The van der Waals surface area contributed by atoms with Crippen molar-refractivity contribution in [2.45, 2.75) is 11.5 Å². The molecule has 0 aliphatic heterocycles. The summed E-state index contributed by atoms with van der Waals surface area (Å²) in [6.45, 7) is -0.449. The number of anilines is 2. The maximum absolute atomic E-state index is 11.8. The van der Waals surface area contributed by atoms with Crippen LogP contribution in [0.3, 0.4) is 0 Å². The fourth-order valence-corrected chi connectivity index (χ4v) is 5.82. The van der Waals surface area contributed by atoms with E-state index in [2.05, 4.69) is 25.8 Å².